The summed E-state index contributed by atoms with van der Waals surface area (Å²) in [6, 6.07) is 11.0. The molecule has 4 rings (SSSR count). The standard InChI is InChI=1S/C20H23N3O3.ClH/c21-16-7-9-22(10-8-16)19(24)17-12-14-4-1-2-5-15(14)13-23(17)20(25)18-6-3-11-26-18;/h1-6,11,16-17H,7-10,12-13,21H2;1H. The van der Waals surface area contributed by atoms with Crippen LogP contribution in [0.25, 0.3) is 0 Å². The van der Waals surface area contributed by atoms with Crippen molar-refractivity contribution in [1.82, 2.24) is 9.80 Å². The van der Waals surface area contributed by atoms with Crippen LogP contribution in [0.3, 0.4) is 0 Å². The summed E-state index contributed by atoms with van der Waals surface area (Å²) >= 11 is 0. The Bertz CT molecular complexity index is 801. The van der Waals surface area contributed by atoms with Crippen molar-refractivity contribution in [2.75, 3.05) is 13.1 Å². The molecule has 7 heteroatoms. The zero-order chi connectivity index (χ0) is 18.1. The normalized spacial score (nSPS) is 20.0. The van der Waals surface area contributed by atoms with E-state index in [9.17, 15) is 9.59 Å². The number of nitrogens with zero attached hydrogens (tertiary/aromatic N) is 2. The predicted octanol–water partition coefficient (Wildman–Crippen LogP) is 2.22. The number of carbonyl (C=O) groups excluding carboxylic acids is 2. The maximum Gasteiger partial charge on any atom is 0.290 e. The van der Waals surface area contributed by atoms with E-state index in [1.54, 1.807) is 17.0 Å². The Morgan fingerprint density at radius 3 is 2.41 bits per heavy atom. The molecule has 0 aliphatic carbocycles. The van der Waals surface area contributed by atoms with Crippen LogP contribution in [0.15, 0.2) is 47.1 Å². The first-order valence-electron chi connectivity index (χ1n) is 9.09. The van der Waals surface area contributed by atoms with Gasteiger partial charge in [0.05, 0.1) is 6.26 Å². The number of likely N-dealkylation sites (tertiary alicyclic amines) is 1. The molecular weight excluding hydrogens is 366 g/mol. The van der Waals surface area contributed by atoms with Gasteiger partial charge in [0.25, 0.3) is 5.91 Å². The van der Waals surface area contributed by atoms with Crippen LogP contribution in [0, 0.1) is 0 Å². The first kappa shape index (κ1) is 19.5. The molecule has 0 spiro atoms. The molecule has 6 nitrogen and oxygen atoms in total. The van der Waals surface area contributed by atoms with E-state index in [-0.39, 0.29) is 36.0 Å². The van der Waals surface area contributed by atoms with E-state index >= 15 is 0 Å². The van der Waals surface area contributed by atoms with E-state index in [0.29, 0.717) is 26.1 Å². The largest absolute Gasteiger partial charge is 0.459 e. The third-order valence-electron chi connectivity index (χ3n) is 5.38. The van der Waals surface area contributed by atoms with Crippen LogP contribution in [-0.4, -0.2) is 46.8 Å². The van der Waals surface area contributed by atoms with Crippen LogP contribution in [0.4, 0.5) is 0 Å². The lowest BCUT2D eigenvalue weighted by atomic mass is 9.92. The second-order valence-corrected chi connectivity index (χ2v) is 7.06. The number of fused-ring (bicyclic) bond motifs is 1. The molecule has 0 saturated carbocycles. The minimum Gasteiger partial charge on any atom is -0.459 e. The second-order valence-electron chi connectivity index (χ2n) is 7.06. The number of amides is 2. The van der Waals surface area contributed by atoms with Gasteiger partial charge in [-0.3, -0.25) is 9.59 Å². The van der Waals surface area contributed by atoms with E-state index in [4.69, 9.17) is 10.2 Å². The fourth-order valence-corrected chi connectivity index (χ4v) is 3.83. The minimum absolute atomic E-state index is 0. The number of piperidine rings is 1. The van der Waals surface area contributed by atoms with E-state index in [1.807, 2.05) is 29.2 Å². The molecule has 2 aromatic rings. The Balaban J connectivity index is 0.00000210. The smallest absolute Gasteiger partial charge is 0.290 e. The Kier molecular flexibility index (Phi) is 5.87. The SMILES string of the molecule is Cl.NC1CCN(C(=O)C2Cc3ccccc3CN2C(=O)c2ccco2)CC1. The summed E-state index contributed by atoms with van der Waals surface area (Å²) in [7, 11) is 0. The van der Waals surface area contributed by atoms with Crippen molar-refractivity contribution in [3.05, 3.63) is 59.5 Å². The van der Waals surface area contributed by atoms with Crippen LogP contribution >= 0.6 is 12.4 Å². The predicted molar refractivity (Wildman–Crippen MR) is 104 cm³/mol. The third kappa shape index (κ3) is 3.87. The van der Waals surface area contributed by atoms with Gasteiger partial charge in [-0.25, -0.2) is 0 Å². The van der Waals surface area contributed by atoms with Crippen molar-refractivity contribution in [1.29, 1.82) is 0 Å². The van der Waals surface area contributed by atoms with Gasteiger partial charge in [0, 0.05) is 32.1 Å². The summed E-state index contributed by atoms with van der Waals surface area (Å²) in [6.45, 7) is 1.72. The van der Waals surface area contributed by atoms with Crippen LogP contribution in [0.1, 0.15) is 34.5 Å². The molecule has 2 N–H and O–H groups in total. The van der Waals surface area contributed by atoms with Crippen molar-refractivity contribution in [3.8, 4) is 0 Å². The maximum atomic E-state index is 13.2. The number of halogens is 1. The average molecular weight is 390 g/mol. The Hall–Kier alpha value is -2.31. The maximum absolute atomic E-state index is 13.2. The summed E-state index contributed by atoms with van der Waals surface area (Å²) in [4.78, 5) is 29.7. The molecule has 27 heavy (non-hydrogen) atoms. The average Bonchev–Trinajstić information content (AvgIpc) is 3.21. The van der Waals surface area contributed by atoms with Gasteiger partial charge in [0.15, 0.2) is 5.76 Å². The molecule has 2 aliphatic heterocycles. The van der Waals surface area contributed by atoms with E-state index < -0.39 is 6.04 Å². The van der Waals surface area contributed by atoms with Crippen molar-refractivity contribution < 1.29 is 14.0 Å². The van der Waals surface area contributed by atoms with Crippen molar-refractivity contribution >= 4 is 24.2 Å². The van der Waals surface area contributed by atoms with Crippen LogP contribution < -0.4 is 5.73 Å². The number of benzene rings is 1. The quantitative estimate of drug-likeness (QED) is 0.854. The van der Waals surface area contributed by atoms with Crippen molar-refractivity contribution in [2.45, 2.75) is 37.9 Å². The van der Waals surface area contributed by atoms with Gasteiger partial charge >= 0.3 is 0 Å². The highest BCUT2D eigenvalue weighted by Crippen LogP contribution is 2.27. The lowest BCUT2D eigenvalue weighted by Gasteiger charge is -2.40. The highest BCUT2D eigenvalue weighted by atomic mass is 35.5. The Labute approximate surface area is 164 Å². The van der Waals surface area contributed by atoms with E-state index in [1.165, 1.54) is 6.26 Å². The zero-order valence-electron chi connectivity index (χ0n) is 15.0. The molecule has 2 amide bonds. The van der Waals surface area contributed by atoms with E-state index in [0.717, 1.165) is 24.0 Å². The van der Waals surface area contributed by atoms with Crippen molar-refractivity contribution in [3.63, 3.8) is 0 Å². The molecule has 1 unspecified atom stereocenters. The summed E-state index contributed by atoms with van der Waals surface area (Å²) in [5.41, 5.74) is 8.17. The second kappa shape index (κ2) is 8.15. The van der Waals surface area contributed by atoms with Crippen LogP contribution in [0.2, 0.25) is 0 Å². The van der Waals surface area contributed by atoms with Gasteiger partial charge in [0.2, 0.25) is 5.91 Å². The monoisotopic (exact) mass is 389 g/mol. The molecule has 1 atom stereocenters. The van der Waals surface area contributed by atoms with Crippen LogP contribution in [0.5, 0.6) is 0 Å². The van der Waals surface area contributed by atoms with Gasteiger partial charge in [-0.15, -0.1) is 12.4 Å². The number of carbonyl (C=O) groups is 2. The third-order valence-corrected chi connectivity index (χ3v) is 5.38. The number of hydrogen-bond acceptors (Lipinski definition) is 4. The number of rotatable bonds is 2. The fourth-order valence-electron chi connectivity index (χ4n) is 3.83. The summed E-state index contributed by atoms with van der Waals surface area (Å²) in [5, 5.41) is 0. The summed E-state index contributed by atoms with van der Waals surface area (Å²) < 4.78 is 5.29. The van der Waals surface area contributed by atoms with Crippen LogP contribution in [-0.2, 0) is 17.8 Å². The Morgan fingerprint density at radius 2 is 1.74 bits per heavy atom. The fraction of sp³-hybridized carbons (Fsp3) is 0.400. The molecule has 0 bridgehead atoms. The first-order valence-corrected chi connectivity index (χ1v) is 9.09. The van der Waals surface area contributed by atoms with Gasteiger partial charge in [-0.05, 0) is 36.1 Å². The van der Waals surface area contributed by atoms with Crippen molar-refractivity contribution in [2.24, 2.45) is 5.73 Å². The van der Waals surface area contributed by atoms with Gasteiger partial charge < -0.3 is 20.0 Å². The zero-order valence-corrected chi connectivity index (χ0v) is 15.9. The molecule has 2 aliphatic rings. The van der Waals surface area contributed by atoms with E-state index in [2.05, 4.69) is 0 Å². The molecule has 144 valence electrons. The highest BCUT2D eigenvalue weighted by Gasteiger charge is 2.38. The van der Waals surface area contributed by atoms with Gasteiger partial charge in [-0.1, -0.05) is 24.3 Å². The molecular formula is C20H24ClN3O3. The molecule has 3 heterocycles. The molecule has 1 aromatic carbocycles. The lowest BCUT2D eigenvalue weighted by Crippen LogP contribution is -2.55. The number of furan rings is 1. The summed E-state index contributed by atoms with van der Waals surface area (Å²) in [5.74, 6) is 0.0331. The lowest BCUT2D eigenvalue weighted by molar-refractivity contribution is -0.137. The molecule has 1 aromatic heterocycles. The number of nitrogens with two attached hydrogens (primary N) is 1. The van der Waals surface area contributed by atoms with Gasteiger partial charge in [-0.2, -0.15) is 0 Å². The first-order chi connectivity index (χ1) is 12.6. The molecule has 1 saturated heterocycles. The number of hydrogen-bond donors (Lipinski definition) is 1. The topological polar surface area (TPSA) is 79.8 Å². The van der Waals surface area contributed by atoms with Gasteiger partial charge in [0.1, 0.15) is 6.04 Å². The molecule has 0 radical (unpaired) electrons. The Morgan fingerprint density at radius 1 is 1.04 bits per heavy atom. The summed E-state index contributed by atoms with van der Waals surface area (Å²) in [6.07, 6.45) is 3.63. The highest BCUT2D eigenvalue weighted by molar-refractivity contribution is 5.96. The molecule has 1 fully saturated rings. The minimum atomic E-state index is -0.503.